The van der Waals surface area contributed by atoms with Crippen LogP contribution >= 0.6 is 0 Å². The predicted octanol–water partition coefficient (Wildman–Crippen LogP) is -0.804. The predicted molar refractivity (Wildman–Crippen MR) is 68.1 cm³/mol. The zero-order chi connectivity index (χ0) is 14.5. The Morgan fingerprint density at radius 1 is 1.35 bits per heavy atom. The second kappa shape index (κ2) is 6.56. The van der Waals surface area contributed by atoms with E-state index in [1.807, 2.05) is 0 Å². The smallest absolute Gasteiger partial charge is 0.332 e. The number of aliphatic carboxylic acids is 1. The minimum Gasteiger partial charge on any atom is -0.479 e. The summed E-state index contributed by atoms with van der Waals surface area (Å²) >= 11 is 0. The number of urea groups is 1. The molecule has 0 spiro atoms. The molecular weight excluding hydrogens is 266 g/mol. The Morgan fingerprint density at radius 2 is 2.15 bits per heavy atom. The minimum absolute atomic E-state index is 0.00234. The van der Waals surface area contributed by atoms with Crippen LogP contribution in [-0.4, -0.2) is 54.4 Å². The number of carbonyl (C=O) groups is 3. The van der Waals surface area contributed by atoms with Crippen LogP contribution in [0.3, 0.4) is 0 Å². The molecule has 112 valence electrons. The number of ether oxygens (including phenoxy) is 1. The number of hydrogen-bond acceptors (Lipinski definition) is 4. The lowest BCUT2D eigenvalue weighted by Crippen LogP contribution is -2.51. The van der Waals surface area contributed by atoms with Crippen LogP contribution in [0.5, 0.6) is 0 Å². The first-order valence-electron chi connectivity index (χ1n) is 6.74. The molecule has 0 aromatic carbocycles. The van der Waals surface area contributed by atoms with Crippen molar-refractivity contribution in [1.29, 1.82) is 0 Å². The first-order valence-corrected chi connectivity index (χ1v) is 6.74. The summed E-state index contributed by atoms with van der Waals surface area (Å²) in [6, 6.07) is -0.391. The van der Waals surface area contributed by atoms with E-state index in [9.17, 15) is 14.4 Å². The summed E-state index contributed by atoms with van der Waals surface area (Å²) in [5, 5.41) is 16.9. The van der Waals surface area contributed by atoms with Crippen LogP contribution in [0, 0.1) is 0 Å². The molecule has 3 amide bonds. The molecule has 2 rings (SSSR count). The molecule has 0 saturated carbocycles. The molecule has 4 N–H and O–H groups in total. The molecule has 2 saturated heterocycles. The van der Waals surface area contributed by atoms with Crippen LogP contribution < -0.4 is 16.0 Å². The molecule has 0 radical (unpaired) electrons. The van der Waals surface area contributed by atoms with E-state index < -0.39 is 12.1 Å². The normalized spacial score (nSPS) is 29.6. The summed E-state index contributed by atoms with van der Waals surface area (Å²) in [4.78, 5) is 33.3. The van der Waals surface area contributed by atoms with E-state index in [0.29, 0.717) is 32.2 Å². The molecule has 2 aliphatic rings. The Hall–Kier alpha value is -1.83. The number of piperidine rings is 1. The monoisotopic (exact) mass is 285 g/mol. The van der Waals surface area contributed by atoms with Crippen LogP contribution in [-0.2, 0) is 14.3 Å². The summed E-state index contributed by atoms with van der Waals surface area (Å²) < 4.78 is 5.28. The molecule has 2 fully saturated rings. The number of carboxylic acids is 1. The van der Waals surface area contributed by atoms with Gasteiger partial charge in [-0.05, 0) is 19.3 Å². The average Bonchev–Trinajstić information content (AvgIpc) is 2.88. The van der Waals surface area contributed by atoms with Gasteiger partial charge in [0.15, 0.2) is 6.10 Å². The lowest BCUT2D eigenvalue weighted by molar-refractivity contribution is -0.149. The zero-order valence-corrected chi connectivity index (χ0v) is 11.1. The van der Waals surface area contributed by atoms with Gasteiger partial charge in [-0.3, -0.25) is 4.79 Å². The van der Waals surface area contributed by atoms with E-state index in [2.05, 4.69) is 16.0 Å². The van der Waals surface area contributed by atoms with Gasteiger partial charge in [0.2, 0.25) is 5.91 Å². The van der Waals surface area contributed by atoms with Gasteiger partial charge in [0, 0.05) is 25.6 Å². The number of carboxylic acid groups (broad SMARTS) is 1. The molecule has 20 heavy (non-hydrogen) atoms. The quantitative estimate of drug-likeness (QED) is 0.539. The lowest BCUT2D eigenvalue weighted by Gasteiger charge is -2.23. The molecule has 0 aromatic heterocycles. The second-order valence-electron chi connectivity index (χ2n) is 5.06. The summed E-state index contributed by atoms with van der Waals surface area (Å²) in [5.74, 6) is -0.961. The van der Waals surface area contributed by atoms with Gasteiger partial charge in [0.05, 0.1) is 6.10 Å². The molecule has 8 heteroatoms. The van der Waals surface area contributed by atoms with Gasteiger partial charge < -0.3 is 25.8 Å². The highest BCUT2D eigenvalue weighted by Crippen LogP contribution is 2.19. The van der Waals surface area contributed by atoms with E-state index in [0.717, 1.165) is 0 Å². The van der Waals surface area contributed by atoms with E-state index in [4.69, 9.17) is 9.84 Å². The van der Waals surface area contributed by atoms with Crippen molar-refractivity contribution < 1.29 is 24.2 Å². The van der Waals surface area contributed by atoms with Gasteiger partial charge in [-0.2, -0.15) is 0 Å². The van der Waals surface area contributed by atoms with Crippen molar-refractivity contribution >= 4 is 17.9 Å². The third-order valence-electron chi connectivity index (χ3n) is 3.47. The van der Waals surface area contributed by atoms with Crippen molar-refractivity contribution in [2.75, 3.05) is 13.1 Å². The summed E-state index contributed by atoms with van der Waals surface area (Å²) in [6.45, 7) is 0.724. The van der Waals surface area contributed by atoms with Crippen LogP contribution in [0.2, 0.25) is 0 Å². The van der Waals surface area contributed by atoms with Crippen LogP contribution in [0.25, 0.3) is 0 Å². The van der Waals surface area contributed by atoms with Crippen molar-refractivity contribution in [3.8, 4) is 0 Å². The van der Waals surface area contributed by atoms with E-state index >= 15 is 0 Å². The Bertz CT molecular complexity index is 391. The highest BCUT2D eigenvalue weighted by Gasteiger charge is 2.30. The lowest BCUT2D eigenvalue weighted by atomic mass is 10.1. The maximum Gasteiger partial charge on any atom is 0.332 e. The highest BCUT2D eigenvalue weighted by molar-refractivity contribution is 5.78. The largest absolute Gasteiger partial charge is 0.479 e. The molecule has 3 unspecified atom stereocenters. The van der Waals surface area contributed by atoms with Crippen LogP contribution in [0.15, 0.2) is 0 Å². The maximum absolute atomic E-state index is 11.7. The summed E-state index contributed by atoms with van der Waals surface area (Å²) in [7, 11) is 0. The molecule has 2 aliphatic heterocycles. The molecule has 0 aliphatic carbocycles. The van der Waals surface area contributed by atoms with E-state index in [1.165, 1.54) is 0 Å². The third-order valence-corrected chi connectivity index (χ3v) is 3.47. The highest BCUT2D eigenvalue weighted by atomic mass is 16.5. The minimum atomic E-state index is -0.963. The summed E-state index contributed by atoms with van der Waals surface area (Å²) in [5.41, 5.74) is 0. The van der Waals surface area contributed by atoms with Crippen molar-refractivity contribution in [1.82, 2.24) is 16.0 Å². The van der Waals surface area contributed by atoms with Gasteiger partial charge in [-0.25, -0.2) is 9.59 Å². The van der Waals surface area contributed by atoms with Crippen molar-refractivity contribution in [3.05, 3.63) is 0 Å². The SMILES string of the molecule is O=C1CCC(NC(=O)NCC2CCC(C(=O)O)O2)CN1. The Balaban J connectivity index is 1.63. The molecule has 0 aromatic rings. The van der Waals surface area contributed by atoms with Gasteiger partial charge in [0.25, 0.3) is 0 Å². The molecule has 8 nitrogen and oxygen atoms in total. The number of nitrogens with one attached hydrogen (secondary N) is 3. The Morgan fingerprint density at radius 3 is 2.75 bits per heavy atom. The zero-order valence-electron chi connectivity index (χ0n) is 11.1. The van der Waals surface area contributed by atoms with Crippen molar-refractivity contribution in [3.63, 3.8) is 0 Å². The number of amides is 3. The Kier molecular flexibility index (Phi) is 4.78. The van der Waals surface area contributed by atoms with E-state index in [-0.39, 0.29) is 30.6 Å². The molecule has 2 heterocycles. The van der Waals surface area contributed by atoms with Crippen LogP contribution in [0.4, 0.5) is 4.79 Å². The molecular formula is C12H19N3O5. The fourth-order valence-electron chi connectivity index (χ4n) is 2.34. The number of hydrogen-bond donors (Lipinski definition) is 4. The van der Waals surface area contributed by atoms with Crippen molar-refractivity contribution in [2.24, 2.45) is 0 Å². The van der Waals surface area contributed by atoms with Gasteiger partial charge in [-0.15, -0.1) is 0 Å². The number of rotatable bonds is 4. The van der Waals surface area contributed by atoms with Gasteiger partial charge in [-0.1, -0.05) is 0 Å². The molecule has 0 bridgehead atoms. The first-order chi connectivity index (χ1) is 9.54. The summed E-state index contributed by atoms with van der Waals surface area (Å²) in [6.07, 6.45) is 1.11. The fraction of sp³-hybridized carbons (Fsp3) is 0.750. The number of carbonyl (C=O) groups excluding carboxylic acids is 2. The van der Waals surface area contributed by atoms with Gasteiger partial charge in [0.1, 0.15) is 0 Å². The van der Waals surface area contributed by atoms with Gasteiger partial charge >= 0.3 is 12.0 Å². The van der Waals surface area contributed by atoms with E-state index in [1.54, 1.807) is 0 Å². The van der Waals surface area contributed by atoms with Crippen LogP contribution in [0.1, 0.15) is 25.7 Å². The third kappa shape index (κ3) is 4.09. The molecule has 3 atom stereocenters. The average molecular weight is 285 g/mol. The fourth-order valence-corrected chi connectivity index (χ4v) is 2.34. The maximum atomic E-state index is 11.7. The van der Waals surface area contributed by atoms with Crippen molar-refractivity contribution in [2.45, 2.75) is 43.9 Å². The Labute approximate surface area is 116 Å². The first kappa shape index (κ1) is 14.6. The topological polar surface area (TPSA) is 117 Å². The standard InChI is InChI=1S/C12H19N3O5/c16-10-4-1-7(5-13-10)15-12(19)14-6-8-2-3-9(20-8)11(17)18/h7-9H,1-6H2,(H,13,16)(H,17,18)(H2,14,15,19). The second-order valence-corrected chi connectivity index (χ2v) is 5.06.